The molecule has 0 radical (unpaired) electrons. The summed E-state index contributed by atoms with van der Waals surface area (Å²) in [6.45, 7) is 0. The zero-order chi connectivity index (χ0) is 16.4. The molecule has 2 aromatic carbocycles. The van der Waals surface area contributed by atoms with E-state index in [1.54, 1.807) is 24.3 Å². The van der Waals surface area contributed by atoms with Crippen LogP contribution in [0.15, 0.2) is 58.9 Å². The van der Waals surface area contributed by atoms with E-state index in [2.05, 4.69) is 4.99 Å². The quantitative estimate of drug-likeness (QED) is 0.516. The first-order chi connectivity index (χ1) is 11.0. The molecule has 0 atom stereocenters. The Hall–Kier alpha value is -2.44. The van der Waals surface area contributed by atoms with Crippen molar-refractivity contribution in [3.8, 4) is 11.3 Å². The summed E-state index contributed by atoms with van der Waals surface area (Å²) < 4.78 is 1.91. The van der Waals surface area contributed by atoms with E-state index in [0.29, 0.717) is 5.02 Å². The Morgan fingerprint density at radius 1 is 1.22 bits per heavy atom. The van der Waals surface area contributed by atoms with Crippen LogP contribution in [-0.4, -0.2) is 9.49 Å². The number of nitrogens with zero attached hydrogens (tertiary/aromatic N) is 3. The van der Waals surface area contributed by atoms with Gasteiger partial charge in [-0.25, -0.2) is 4.99 Å². The van der Waals surface area contributed by atoms with E-state index in [-0.39, 0.29) is 5.69 Å². The fraction of sp³-hybridized carbons (Fsp3) is 0.0625. The molecule has 0 bridgehead atoms. The SMILES string of the molecule is Cn1c(-c2cccc([N+](=O)[O-])c2)csc1=Nc1cccc(Cl)c1. The van der Waals surface area contributed by atoms with Crippen LogP contribution >= 0.6 is 22.9 Å². The summed E-state index contributed by atoms with van der Waals surface area (Å²) in [5, 5.41) is 13.5. The molecule has 0 amide bonds. The van der Waals surface area contributed by atoms with Crippen LogP contribution in [0.25, 0.3) is 11.3 Å². The molecule has 0 aliphatic carbocycles. The first kappa shape index (κ1) is 15.5. The molecule has 1 aromatic heterocycles. The van der Waals surface area contributed by atoms with Gasteiger partial charge in [-0.15, -0.1) is 11.3 Å². The molecule has 5 nitrogen and oxygen atoms in total. The zero-order valence-corrected chi connectivity index (χ0v) is 13.7. The molecule has 0 aliphatic rings. The van der Waals surface area contributed by atoms with E-state index in [1.165, 1.54) is 17.4 Å². The van der Waals surface area contributed by atoms with Gasteiger partial charge >= 0.3 is 0 Å². The average Bonchev–Trinajstić information content (AvgIpc) is 2.88. The van der Waals surface area contributed by atoms with E-state index in [1.807, 2.05) is 35.2 Å². The second-order valence-corrected chi connectivity index (χ2v) is 6.13. The molecule has 0 saturated carbocycles. The number of halogens is 1. The monoisotopic (exact) mass is 345 g/mol. The van der Waals surface area contributed by atoms with Crippen LogP contribution < -0.4 is 4.80 Å². The van der Waals surface area contributed by atoms with Gasteiger partial charge in [-0.3, -0.25) is 10.1 Å². The van der Waals surface area contributed by atoms with Crippen LogP contribution in [0.1, 0.15) is 0 Å². The number of hydrogen-bond donors (Lipinski definition) is 0. The molecule has 3 aromatic rings. The molecule has 0 spiro atoms. The second kappa shape index (κ2) is 6.36. The highest BCUT2D eigenvalue weighted by molar-refractivity contribution is 7.07. The molecule has 0 aliphatic heterocycles. The van der Waals surface area contributed by atoms with Crippen LogP contribution in [0.5, 0.6) is 0 Å². The normalized spacial score (nSPS) is 11.7. The summed E-state index contributed by atoms with van der Waals surface area (Å²) >= 11 is 7.44. The molecule has 1 heterocycles. The van der Waals surface area contributed by atoms with E-state index < -0.39 is 4.92 Å². The van der Waals surface area contributed by atoms with E-state index in [0.717, 1.165) is 21.7 Å². The molecular formula is C16H12ClN3O2S. The number of hydrogen-bond acceptors (Lipinski definition) is 4. The van der Waals surface area contributed by atoms with Crippen LogP contribution in [0.2, 0.25) is 5.02 Å². The average molecular weight is 346 g/mol. The van der Waals surface area contributed by atoms with Crippen LogP contribution in [-0.2, 0) is 7.05 Å². The molecule has 0 N–H and O–H groups in total. The number of nitro groups is 1. The lowest BCUT2D eigenvalue weighted by atomic mass is 10.1. The smallest absolute Gasteiger partial charge is 0.270 e. The summed E-state index contributed by atoms with van der Waals surface area (Å²) in [5.41, 5.74) is 2.49. The molecular weight excluding hydrogens is 334 g/mol. The molecule has 0 fully saturated rings. The third kappa shape index (κ3) is 3.33. The number of rotatable bonds is 3. The third-order valence-electron chi connectivity index (χ3n) is 3.31. The first-order valence-electron chi connectivity index (χ1n) is 6.74. The van der Waals surface area contributed by atoms with Crippen molar-refractivity contribution in [2.24, 2.45) is 12.0 Å². The van der Waals surface area contributed by atoms with Crippen molar-refractivity contribution in [1.82, 2.24) is 4.57 Å². The van der Waals surface area contributed by atoms with Crippen LogP contribution in [0.3, 0.4) is 0 Å². The van der Waals surface area contributed by atoms with Crippen molar-refractivity contribution in [3.05, 3.63) is 73.8 Å². The summed E-state index contributed by atoms with van der Waals surface area (Å²) in [4.78, 5) is 15.9. The van der Waals surface area contributed by atoms with Crippen molar-refractivity contribution in [2.75, 3.05) is 0 Å². The number of benzene rings is 2. The Kier molecular flexibility index (Phi) is 4.27. The zero-order valence-electron chi connectivity index (χ0n) is 12.1. The summed E-state index contributed by atoms with van der Waals surface area (Å²) in [7, 11) is 1.88. The maximum absolute atomic E-state index is 10.9. The van der Waals surface area contributed by atoms with Gasteiger partial charge in [0.15, 0.2) is 4.80 Å². The van der Waals surface area contributed by atoms with Gasteiger partial charge in [0, 0.05) is 35.1 Å². The van der Waals surface area contributed by atoms with Crippen molar-refractivity contribution >= 4 is 34.3 Å². The minimum Gasteiger partial charge on any atom is -0.320 e. The van der Waals surface area contributed by atoms with Crippen LogP contribution in [0.4, 0.5) is 11.4 Å². The standard InChI is InChI=1S/C16H12ClN3O2S/c1-19-15(11-4-2-7-14(8-11)20(21)22)10-23-16(19)18-13-6-3-5-12(17)9-13/h2-10H,1H3. The van der Waals surface area contributed by atoms with E-state index in [9.17, 15) is 10.1 Å². The van der Waals surface area contributed by atoms with E-state index in [4.69, 9.17) is 11.6 Å². The van der Waals surface area contributed by atoms with Gasteiger partial charge in [-0.1, -0.05) is 29.8 Å². The molecule has 116 valence electrons. The topological polar surface area (TPSA) is 60.4 Å². The van der Waals surface area contributed by atoms with Gasteiger partial charge in [0.05, 0.1) is 16.3 Å². The number of aromatic nitrogens is 1. The van der Waals surface area contributed by atoms with Gasteiger partial charge < -0.3 is 4.57 Å². The van der Waals surface area contributed by atoms with Crippen LogP contribution in [0, 0.1) is 10.1 Å². The predicted molar refractivity (Wildman–Crippen MR) is 92.1 cm³/mol. The lowest BCUT2D eigenvalue weighted by Crippen LogP contribution is -2.10. The fourth-order valence-corrected chi connectivity index (χ4v) is 3.28. The fourth-order valence-electron chi connectivity index (χ4n) is 2.17. The Bertz CT molecular complexity index is 946. The highest BCUT2D eigenvalue weighted by Gasteiger charge is 2.10. The third-order valence-corrected chi connectivity index (χ3v) is 4.46. The largest absolute Gasteiger partial charge is 0.320 e. The van der Waals surface area contributed by atoms with E-state index >= 15 is 0 Å². The second-order valence-electron chi connectivity index (χ2n) is 4.86. The number of nitro benzene ring substituents is 1. The summed E-state index contributed by atoms with van der Waals surface area (Å²) in [5.74, 6) is 0. The highest BCUT2D eigenvalue weighted by Crippen LogP contribution is 2.24. The molecule has 0 saturated heterocycles. The number of thiazole rings is 1. The minimum atomic E-state index is -0.396. The summed E-state index contributed by atoms with van der Waals surface area (Å²) in [6.07, 6.45) is 0. The first-order valence-corrected chi connectivity index (χ1v) is 8.00. The van der Waals surface area contributed by atoms with Crippen molar-refractivity contribution < 1.29 is 4.92 Å². The van der Waals surface area contributed by atoms with Crippen molar-refractivity contribution in [1.29, 1.82) is 0 Å². The number of non-ortho nitro benzene ring substituents is 1. The maximum atomic E-state index is 10.9. The Balaban J connectivity index is 2.06. The Labute approximate surface area is 141 Å². The Morgan fingerprint density at radius 2 is 2.00 bits per heavy atom. The maximum Gasteiger partial charge on any atom is 0.270 e. The highest BCUT2D eigenvalue weighted by atomic mass is 35.5. The van der Waals surface area contributed by atoms with Gasteiger partial charge in [0.25, 0.3) is 5.69 Å². The minimum absolute atomic E-state index is 0.0713. The summed E-state index contributed by atoms with van der Waals surface area (Å²) in [6, 6.07) is 13.9. The molecule has 23 heavy (non-hydrogen) atoms. The Morgan fingerprint density at radius 3 is 2.74 bits per heavy atom. The van der Waals surface area contributed by atoms with Gasteiger partial charge in [0.2, 0.25) is 0 Å². The molecule has 0 unspecified atom stereocenters. The molecule has 7 heteroatoms. The molecule has 3 rings (SSSR count). The lowest BCUT2D eigenvalue weighted by molar-refractivity contribution is -0.384. The predicted octanol–water partition coefficient (Wildman–Crippen LogP) is 4.55. The lowest BCUT2D eigenvalue weighted by Gasteiger charge is -2.03. The van der Waals surface area contributed by atoms with Crippen molar-refractivity contribution in [3.63, 3.8) is 0 Å². The van der Waals surface area contributed by atoms with Crippen molar-refractivity contribution in [2.45, 2.75) is 0 Å². The van der Waals surface area contributed by atoms with Gasteiger partial charge in [0.1, 0.15) is 0 Å². The van der Waals surface area contributed by atoms with Gasteiger partial charge in [-0.05, 0) is 18.2 Å². The van der Waals surface area contributed by atoms with Gasteiger partial charge in [-0.2, -0.15) is 0 Å².